The second-order valence-electron chi connectivity index (χ2n) is 5.75. The maximum absolute atomic E-state index is 9.96. The summed E-state index contributed by atoms with van der Waals surface area (Å²) in [6, 6.07) is 16.0. The number of fused-ring (bicyclic) bond motifs is 1. The van der Waals surface area contributed by atoms with E-state index in [1.807, 2.05) is 55.5 Å². The number of rotatable bonds is 6. The highest BCUT2D eigenvalue weighted by molar-refractivity contribution is 5.75. The molecule has 0 spiro atoms. The van der Waals surface area contributed by atoms with Gasteiger partial charge < -0.3 is 14.4 Å². The Balaban J connectivity index is 1.69. The van der Waals surface area contributed by atoms with Crippen LogP contribution in [0.2, 0.25) is 0 Å². The van der Waals surface area contributed by atoms with Crippen LogP contribution in [0.4, 0.5) is 0 Å². The third-order valence-corrected chi connectivity index (χ3v) is 3.93. The molecule has 0 amide bonds. The van der Waals surface area contributed by atoms with Gasteiger partial charge in [-0.25, -0.2) is 4.98 Å². The second kappa shape index (κ2) is 6.84. The van der Waals surface area contributed by atoms with Crippen molar-refractivity contribution in [3.63, 3.8) is 0 Å². The minimum absolute atomic E-state index is 0.584. The van der Waals surface area contributed by atoms with Crippen LogP contribution in [-0.4, -0.2) is 21.3 Å². The summed E-state index contributed by atoms with van der Waals surface area (Å²) in [7, 11) is 0. The Morgan fingerprint density at radius 2 is 1.87 bits per heavy atom. The van der Waals surface area contributed by atoms with Crippen LogP contribution < -0.4 is 4.74 Å². The zero-order chi connectivity index (χ0) is 16.2. The minimum Gasteiger partial charge on any atom is -0.493 e. The van der Waals surface area contributed by atoms with Gasteiger partial charge in [-0.3, -0.25) is 0 Å². The molecular formula is C19H22N2O2. The molecule has 0 radical (unpaired) electrons. The third-order valence-electron chi connectivity index (χ3n) is 3.93. The highest BCUT2D eigenvalue weighted by atomic mass is 16.5. The maximum atomic E-state index is 9.96. The molecule has 1 heterocycles. The van der Waals surface area contributed by atoms with Crippen LogP contribution in [-0.2, 0) is 6.54 Å². The molecule has 3 rings (SSSR count). The fraction of sp³-hybridized carbons (Fsp3) is 0.316. The summed E-state index contributed by atoms with van der Waals surface area (Å²) in [4.78, 5) is 4.54. The Bertz CT molecular complexity index is 793. The predicted molar refractivity (Wildman–Crippen MR) is 91.7 cm³/mol. The first kappa shape index (κ1) is 15.6. The Morgan fingerprint density at radius 3 is 2.65 bits per heavy atom. The molecule has 4 nitrogen and oxygen atoms in total. The van der Waals surface area contributed by atoms with Gasteiger partial charge in [-0.05, 0) is 44.0 Å². The molecule has 0 bridgehead atoms. The molecule has 0 aliphatic carbocycles. The normalized spacial score (nSPS) is 12.5. The molecule has 0 aliphatic rings. The zero-order valence-electron chi connectivity index (χ0n) is 13.6. The largest absolute Gasteiger partial charge is 0.493 e. The topological polar surface area (TPSA) is 47.3 Å². The van der Waals surface area contributed by atoms with E-state index in [2.05, 4.69) is 9.55 Å². The molecule has 2 aromatic carbocycles. The van der Waals surface area contributed by atoms with Gasteiger partial charge in [0.15, 0.2) is 0 Å². The first-order valence-corrected chi connectivity index (χ1v) is 7.98. The van der Waals surface area contributed by atoms with Crippen LogP contribution in [0.5, 0.6) is 5.75 Å². The van der Waals surface area contributed by atoms with Crippen molar-refractivity contribution in [2.24, 2.45) is 0 Å². The van der Waals surface area contributed by atoms with Crippen LogP contribution in [0.15, 0.2) is 48.5 Å². The number of hydrogen-bond acceptors (Lipinski definition) is 3. The van der Waals surface area contributed by atoms with Crippen LogP contribution in [0.1, 0.15) is 30.8 Å². The molecule has 3 aromatic rings. The van der Waals surface area contributed by atoms with Gasteiger partial charge in [-0.1, -0.05) is 30.3 Å². The Labute approximate surface area is 136 Å². The van der Waals surface area contributed by atoms with Crippen molar-refractivity contribution >= 4 is 11.0 Å². The van der Waals surface area contributed by atoms with E-state index in [9.17, 15) is 5.11 Å². The summed E-state index contributed by atoms with van der Waals surface area (Å²) >= 11 is 0. The van der Waals surface area contributed by atoms with Crippen molar-refractivity contribution < 1.29 is 9.84 Å². The molecule has 0 aliphatic heterocycles. The van der Waals surface area contributed by atoms with Crippen molar-refractivity contribution in [2.45, 2.75) is 32.9 Å². The Kier molecular flexibility index (Phi) is 4.63. The fourth-order valence-corrected chi connectivity index (χ4v) is 2.77. The van der Waals surface area contributed by atoms with Crippen molar-refractivity contribution in [1.82, 2.24) is 9.55 Å². The van der Waals surface area contributed by atoms with E-state index in [4.69, 9.17) is 4.74 Å². The van der Waals surface area contributed by atoms with Gasteiger partial charge >= 0.3 is 0 Å². The molecule has 1 aromatic heterocycles. The van der Waals surface area contributed by atoms with Gasteiger partial charge in [-0.15, -0.1) is 0 Å². The zero-order valence-corrected chi connectivity index (χ0v) is 13.6. The number of ether oxygens (including phenoxy) is 1. The van der Waals surface area contributed by atoms with E-state index in [1.165, 1.54) is 0 Å². The lowest BCUT2D eigenvalue weighted by atomic mass is 10.2. The third kappa shape index (κ3) is 3.37. The average Bonchev–Trinajstić information content (AvgIpc) is 2.92. The lowest BCUT2D eigenvalue weighted by molar-refractivity contribution is 0.183. The highest BCUT2D eigenvalue weighted by Gasteiger charge is 2.14. The number of para-hydroxylation sites is 3. The van der Waals surface area contributed by atoms with Crippen molar-refractivity contribution in [3.05, 3.63) is 59.9 Å². The average molecular weight is 310 g/mol. The first-order chi connectivity index (χ1) is 11.2. The molecule has 0 saturated carbocycles. The molecule has 1 unspecified atom stereocenters. The molecule has 4 heteroatoms. The number of aryl methyl sites for hydroxylation is 2. The number of hydrogen-bond donors (Lipinski definition) is 1. The molecule has 1 N–H and O–H groups in total. The summed E-state index contributed by atoms with van der Waals surface area (Å²) in [6.07, 6.45) is 0.272. The Hall–Kier alpha value is -2.33. The summed E-state index contributed by atoms with van der Waals surface area (Å²) in [5, 5.41) is 9.96. The number of aliphatic hydroxyl groups is 1. The summed E-state index contributed by atoms with van der Waals surface area (Å²) in [5.41, 5.74) is 3.12. The Morgan fingerprint density at radius 1 is 1.13 bits per heavy atom. The molecule has 0 saturated heterocycles. The number of nitrogens with zero attached hydrogens (tertiary/aromatic N) is 2. The number of imidazole rings is 1. The van der Waals surface area contributed by atoms with Gasteiger partial charge in [0.1, 0.15) is 17.7 Å². The molecule has 120 valence electrons. The van der Waals surface area contributed by atoms with Crippen LogP contribution in [0, 0.1) is 6.92 Å². The highest BCUT2D eigenvalue weighted by Crippen LogP contribution is 2.21. The monoisotopic (exact) mass is 310 g/mol. The minimum atomic E-state index is -0.584. The number of aliphatic hydroxyl groups excluding tert-OH is 1. The fourth-order valence-electron chi connectivity index (χ4n) is 2.77. The molecule has 0 fully saturated rings. The smallest absolute Gasteiger partial charge is 0.138 e. The van der Waals surface area contributed by atoms with Gasteiger partial charge in [0.05, 0.1) is 17.6 Å². The number of aromatic nitrogens is 2. The van der Waals surface area contributed by atoms with Crippen LogP contribution >= 0.6 is 0 Å². The molecule has 1 atom stereocenters. The van der Waals surface area contributed by atoms with Crippen molar-refractivity contribution in [2.75, 3.05) is 6.61 Å². The molecule has 23 heavy (non-hydrogen) atoms. The van der Waals surface area contributed by atoms with E-state index in [0.29, 0.717) is 12.4 Å². The van der Waals surface area contributed by atoms with Crippen molar-refractivity contribution in [1.29, 1.82) is 0 Å². The lowest BCUT2D eigenvalue weighted by Gasteiger charge is -2.12. The summed E-state index contributed by atoms with van der Waals surface area (Å²) in [5.74, 6) is 1.64. The van der Waals surface area contributed by atoms with Crippen molar-refractivity contribution in [3.8, 4) is 5.75 Å². The SMILES string of the molecule is Cc1ccccc1OCCCn1c(C(C)O)nc2ccccc21. The second-order valence-corrected chi connectivity index (χ2v) is 5.75. The van der Waals surface area contributed by atoms with E-state index in [-0.39, 0.29) is 0 Å². The van der Waals surface area contributed by atoms with Gasteiger partial charge in [-0.2, -0.15) is 0 Å². The number of benzene rings is 2. The van der Waals surface area contributed by atoms with Crippen LogP contribution in [0.25, 0.3) is 11.0 Å². The van der Waals surface area contributed by atoms with Gasteiger partial charge in [0, 0.05) is 6.54 Å². The summed E-state index contributed by atoms with van der Waals surface area (Å²) in [6.45, 7) is 5.20. The van der Waals surface area contributed by atoms with E-state index in [0.717, 1.165) is 35.3 Å². The van der Waals surface area contributed by atoms with Gasteiger partial charge in [0.2, 0.25) is 0 Å². The van der Waals surface area contributed by atoms with Crippen LogP contribution in [0.3, 0.4) is 0 Å². The quantitative estimate of drug-likeness (QED) is 0.703. The maximum Gasteiger partial charge on any atom is 0.138 e. The van der Waals surface area contributed by atoms with E-state index in [1.54, 1.807) is 6.92 Å². The predicted octanol–water partition coefficient (Wildman–Crippen LogP) is 3.87. The van der Waals surface area contributed by atoms with E-state index >= 15 is 0 Å². The summed E-state index contributed by atoms with van der Waals surface area (Å²) < 4.78 is 7.94. The standard InChI is InChI=1S/C19H22N2O2/c1-14-8-3-6-11-18(14)23-13-7-12-21-17-10-5-4-9-16(17)20-19(21)15(2)22/h3-6,8-11,15,22H,7,12-13H2,1-2H3. The first-order valence-electron chi connectivity index (χ1n) is 7.98. The van der Waals surface area contributed by atoms with Gasteiger partial charge in [0.25, 0.3) is 0 Å². The van der Waals surface area contributed by atoms with E-state index < -0.39 is 6.10 Å². The lowest BCUT2D eigenvalue weighted by Crippen LogP contribution is -2.10. The molecular weight excluding hydrogens is 288 g/mol.